The number of hydrogen-bond donors (Lipinski definition) is 1. The Morgan fingerprint density at radius 1 is 0.882 bits per heavy atom. The van der Waals surface area contributed by atoms with Gasteiger partial charge >= 0.3 is 5.97 Å². The number of carbonyl (C=O) groups is 2. The van der Waals surface area contributed by atoms with Crippen molar-refractivity contribution in [3.05, 3.63) is 88.9 Å². The summed E-state index contributed by atoms with van der Waals surface area (Å²) in [6.07, 6.45) is 0.320. The van der Waals surface area contributed by atoms with E-state index in [1.807, 2.05) is 35.2 Å². The monoisotopic (exact) mass is 471 g/mol. The fourth-order valence-electron chi connectivity index (χ4n) is 4.32. The van der Waals surface area contributed by atoms with E-state index in [1.165, 1.54) is 5.56 Å². The summed E-state index contributed by atoms with van der Waals surface area (Å²) in [7, 11) is 0. The van der Waals surface area contributed by atoms with Crippen molar-refractivity contribution in [2.24, 2.45) is 0 Å². The molecule has 0 radical (unpaired) electrons. The molecule has 3 aromatic carbocycles. The van der Waals surface area contributed by atoms with E-state index in [0.29, 0.717) is 31.6 Å². The number of aromatic nitrogens is 1. The van der Waals surface area contributed by atoms with Gasteiger partial charge < -0.3 is 10.0 Å². The van der Waals surface area contributed by atoms with Crippen LogP contribution >= 0.6 is 11.3 Å². The van der Waals surface area contributed by atoms with E-state index < -0.39 is 5.97 Å². The number of rotatable bonds is 6. The van der Waals surface area contributed by atoms with Crippen molar-refractivity contribution in [3.63, 3.8) is 0 Å². The minimum atomic E-state index is -0.914. The van der Waals surface area contributed by atoms with Gasteiger partial charge in [0.05, 0.1) is 22.2 Å². The van der Waals surface area contributed by atoms with Crippen molar-refractivity contribution in [3.8, 4) is 11.1 Å². The molecule has 0 spiro atoms. The van der Waals surface area contributed by atoms with Gasteiger partial charge in [0.15, 0.2) is 0 Å². The molecule has 0 unspecified atom stereocenters. The molecule has 2 heterocycles. The summed E-state index contributed by atoms with van der Waals surface area (Å²) in [6, 6.07) is 23.6. The van der Waals surface area contributed by atoms with Crippen LogP contribution in [0.25, 0.3) is 21.3 Å². The number of carbonyl (C=O) groups excluding carboxylic acids is 1. The van der Waals surface area contributed by atoms with Gasteiger partial charge in [0.2, 0.25) is 5.91 Å². The Hall–Kier alpha value is -3.55. The van der Waals surface area contributed by atoms with E-state index in [0.717, 1.165) is 39.4 Å². The first-order valence-corrected chi connectivity index (χ1v) is 12.1. The second-order valence-electron chi connectivity index (χ2n) is 8.50. The largest absolute Gasteiger partial charge is 0.478 e. The topological polar surface area (TPSA) is 73.7 Å². The molecule has 1 N–H and O–H groups in total. The van der Waals surface area contributed by atoms with Gasteiger partial charge in [0, 0.05) is 32.7 Å². The lowest BCUT2D eigenvalue weighted by Crippen LogP contribution is -2.48. The summed E-state index contributed by atoms with van der Waals surface area (Å²) in [5, 5.41) is 10.0. The van der Waals surface area contributed by atoms with Gasteiger partial charge in [-0.15, -0.1) is 11.3 Å². The highest BCUT2D eigenvalue weighted by Crippen LogP contribution is 2.28. The summed E-state index contributed by atoms with van der Waals surface area (Å²) in [5.74, 6) is -0.807. The lowest BCUT2D eigenvalue weighted by atomic mass is 10.1. The minimum Gasteiger partial charge on any atom is -0.478 e. The molecule has 5 rings (SSSR count). The van der Waals surface area contributed by atoms with Gasteiger partial charge in [-0.25, -0.2) is 9.78 Å². The average molecular weight is 472 g/mol. The highest BCUT2D eigenvalue weighted by molar-refractivity contribution is 7.18. The van der Waals surface area contributed by atoms with E-state index in [-0.39, 0.29) is 5.91 Å². The van der Waals surface area contributed by atoms with Gasteiger partial charge in [-0.05, 0) is 41.0 Å². The second-order valence-corrected chi connectivity index (χ2v) is 9.61. The molecule has 1 aliphatic heterocycles. The first-order valence-electron chi connectivity index (χ1n) is 11.3. The van der Waals surface area contributed by atoms with Crippen LogP contribution in [0.2, 0.25) is 0 Å². The summed E-state index contributed by atoms with van der Waals surface area (Å²) in [5.41, 5.74) is 4.53. The van der Waals surface area contributed by atoms with Gasteiger partial charge in [0.25, 0.3) is 0 Å². The highest BCUT2D eigenvalue weighted by Gasteiger charge is 2.22. The van der Waals surface area contributed by atoms with Gasteiger partial charge in [-0.2, -0.15) is 0 Å². The van der Waals surface area contributed by atoms with Crippen LogP contribution in [-0.2, 0) is 17.8 Å². The third-order valence-corrected chi connectivity index (χ3v) is 7.17. The summed E-state index contributed by atoms with van der Waals surface area (Å²) in [6.45, 7) is 3.55. The lowest BCUT2D eigenvalue weighted by Gasteiger charge is -2.34. The molecule has 0 atom stereocenters. The number of hydrogen-bond acceptors (Lipinski definition) is 5. The van der Waals surface area contributed by atoms with Crippen LogP contribution in [0.1, 0.15) is 20.9 Å². The smallest absolute Gasteiger partial charge is 0.335 e. The average Bonchev–Trinajstić information content (AvgIpc) is 3.26. The Labute approximate surface area is 202 Å². The van der Waals surface area contributed by atoms with Crippen LogP contribution in [-0.4, -0.2) is 57.9 Å². The van der Waals surface area contributed by atoms with Crippen molar-refractivity contribution < 1.29 is 14.7 Å². The third kappa shape index (κ3) is 5.00. The van der Waals surface area contributed by atoms with Crippen LogP contribution < -0.4 is 0 Å². The standard InChI is InChI=1S/C27H25N3O3S/c31-26(30-13-11-29(12-14-30)18-19-5-4-8-22(15-19)27(32)33)17-25-28-23-10-9-21(16-24(23)34-25)20-6-2-1-3-7-20/h1-10,15-16H,11-14,17-18H2,(H,32,33). The molecule has 1 amide bonds. The van der Waals surface area contributed by atoms with E-state index in [9.17, 15) is 14.7 Å². The normalized spacial score (nSPS) is 14.4. The highest BCUT2D eigenvalue weighted by atomic mass is 32.1. The number of nitrogens with zero attached hydrogens (tertiary/aromatic N) is 3. The molecule has 0 bridgehead atoms. The molecule has 4 aromatic rings. The Morgan fingerprint density at radius 3 is 2.44 bits per heavy atom. The summed E-state index contributed by atoms with van der Waals surface area (Å²) in [4.78, 5) is 33.0. The number of carboxylic acids is 1. The molecule has 1 fully saturated rings. The number of thiazole rings is 1. The molecule has 1 saturated heterocycles. The summed E-state index contributed by atoms with van der Waals surface area (Å²) < 4.78 is 1.09. The van der Waals surface area contributed by atoms with E-state index in [4.69, 9.17) is 0 Å². The molecular formula is C27H25N3O3S. The SMILES string of the molecule is O=C(O)c1cccc(CN2CCN(C(=O)Cc3nc4ccc(-c5ccccc5)cc4s3)CC2)c1. The Morgan fingerprint density at radius 2 is 1.68 bits per heavy atom. The predicted octanol–water partition coefficient (Wildman–Crippen LogP) is 4.55. The molecule has 7 heteroatoms. The van der Waals surface area contributed by atoms with Crippen LogP contribution in [0.15, 0.2) is 72.8 Å². The van der Waals surface area contributed by atoms with E-state index >= 15 is 0 Å². The maximum atomic E-state index is 12.9. The first-order chi connectivity index (χ1) is 16.5. The molecule has 6 nitrogen and oxygen atoms in total. The molecule has 172 valence electrons. The van der Waals surface area contributed by atoms with Gasteiger partial charge in [-0.3, -0.25) is 9.69 Å². The number of fused-ring (bicyclic) bond motifs is 1. The number of aromatic carboxylic acids is 1. The molecule has 1 aliphatic rings. The van der Waals surface area contributed by atoms with Crippen LogP contribution in [0.5, 0.6) is 0 Å². The maximum Gasteiger partial charge on any atom is 0.335 e. The zero-order chi connectivity index (χ0) is 23.5. The van der Waals surface area contributed by atoms with Crippen LogP contribution in [0.4, 0.5) is 0 Å². The van der Waals surface area contributed by atoms with E-state index in [2.05, 4.69) is 34.1 Å². The predicted molar refractivity (Wildman–Crippen MR) is 134 cm³/mol. The van der Waals surface area contributed by atoms with Crippen molar-refractivity contribution in [2.75, 3.05) is 26.2 Å². The van der Waals surface area contributed by atoms with Crippen molar-refractivity contribution >= 4 is 33.4 Å². The van der Waals surface area contributed by atoms with Crippen molar-refractivity contribution in [1.29, 1.82) is 0 Å². The maximum absolute atomic E-state index is 12.9. The fourth-order valence-corrected chi connectivity index (χ4v) is 5.31. The summed E-state index contributed by atoms with van der Waals surface area (Å²) >= 11 is 1.59. The third-order valence-electron chi connectivity index (χ3n) is 6.15. The van der Waals surface area contributed by atoms with Crippen LogP contribution in [0, 0.1) is 0 Å². The molecule has 34 heavy (non-hydrogen) atoms. The molecular weight excluding hydrogens is 446 g/mol. The van der Waals surface area contributed by atoms with E-state index in [1.54, 1.807) is 29.5 Å². The molecule has 0 saturated carbocycles. The number of carboxylic acid groups (broad SMARTS) is 1. The van der Waals surface area contributed by atoms with Crippen LogP contribution in [0.3, 0.4) is 0 Å². The first kappa shape index (κ1) is 22.3. The quantitative estimate of drug-likeness (QED) is 0.447. The Balaban J connectivity index is 1.18. The second kappa shape index (κ2) is 9.75. The fraction of sp³-hybridized carbons (Fsp3) is 0.222. The number of amides is 1. The number of piperazine rings is 1. The molecule has 1 aromatic heterocycles. The lowest BCUT2D eigenvalue weighted by molar-refractivity contribution is -0.132. The number of benzene rings is 3. The minimum absolute atomic E-state index is 0.106. The zero-order valence-electron chi connectivity index (χ0n) is 18.7. The Bertz CT molecular complexity index is 1330. The van der Waals surface area contributed by atoms with Crippen molar-refractivity contribution in [1.82, 2.24) is 14.8 Å². The van der Waals surface area contributed by atoms with Gasteiger partial charge in [0.1, 0.15) is 5.01 Å². The molecule has 0 aliphatic carbocycles. The van der Waals surface area contributed by atoms with Crippen molar-refractivity contribution in [2.45, 2.75) is 13.0 Å². The zero-order valence-corrected chi connectivity index (χ0v) is 19.5. The Kier molecular flexibility index (Phi) is 6.38. The van der Waals surface area contributed by atoms with Gasteiger partial charge in [-0.1, -0.05) is 48.5 Å².